The number of ether oxygens (including phenoxy) is 1. The molecule has 3 aliphatic rings. The smallest absolute Gasteiger partial charge is 0.318 e. The second-order valence-electron chi connectivity index (χ2n) is 11.5. The van der Waals surface area contributed by atoms with Crippen LogP contribution in [0.5, 0.6) is 6.01 Å². The molecule has 238 valence electrons. The van der Waals surface area contributed by atoms with Gasteiger partial charge in [0.15, 0.2) is 0 Å². The van der Waals surface area contributed by atoms with Crippen molar-refractivity contribution in [2.24, 2.45) is 0 Å². The van der Waals surface area contributed by atoms with Crippen LogP contribution >= 0.6 is 11.6 Å². The number of hydrogen-bond donors (Lipinski definition) is 1. The van der Waals surface area contributed by atoms with Crippen molar-refractivity contribution in [1.29, 1.82) is 5.26 Å². The third kappa shape index (κ3) is 7.09. The molecule has 0 saturated carbocycles. The number of halogens is 1. The van der Waals surface area contributed by atoms with E-state index >= 15 is 0 Å². The number of aromatic nitrogens is 2. The molecule has 2 atom stereocenters. The minimum Gasteiger partial charge on any atom is -0.483 e. The molecule has 1 aromatic heterocycles. The van der Waals surface area contributed by atoms with Gasteiger partial charge in [0.25, 0.3) is 12.4 Å². The first kappa shape index (κ1) is 32.7. The van der Waals surface area contributed by atoms with Gasteiger partial charge in [-0.15, -0.1) is 0 Å². The molecule has 1 aliphatic carbocycles. The fourth-order valence-corrected chi connectivity index (χ4v) is 6.84. The van der Waals surface area contributed by atoms with Crippen LogP contribution in [0.15, 0.2) is 36.4 Å². The first-order valence-electron chi connectivity index (χ1n) is 15.4. The minimum atomic E-state index is -0.276. The van der Waals surface area contributed by atoms with E-state index in [-0.39, 0.29) is 24.8 Å². The largest absolute Gasteiger partial charge is 0.483 e. The fourth-order valence-electron chi connectivity index (χ4n) is 6.56. The molecule has 2 aliphatic heterocycles. The van der Waals surface area contributed by atoms with E-state index in [4.69, 9.17) is 36.2 Å². The van der Waals surface area contributed by atoms with Gasteiger partial charge in [-0.05, 0) is 80.8 Å². The quantitative estimate of drug-likeness (QED) is 0.296. The maximum absolute atomic E-state index is 12.7. The highest BCUT2D eigenvalue weighted by Crippen LogP contribution is 2.39. The molecule has 3 heterocycles. The SMILES string of the molecule is CC#CC(=O)N1CCN(c2nc(OC[C@@H]3CCCN3C)nc3c2CCC(c2cccc4cccc(Cl)c24)=C3)C[C@@H]1CC#N.O=CO. The molecular weight excluding hydrogens is 604 g/mol. The summed E-state index contributed by atoms with van der Waals surface area (Å²) in [5.74, 6) is 5.93. The molecule has 10 nitrogen and oxygen atoms in total. The van der Waals surface area contributed by atoms with Crippen molar-refractivity contribution in [3.63, 3.8) is 0 Å². The van der Waals surface area contributed by atoms with Crippen LogP contribution in [-0.2, 0) is 16.0 Å². The molecule has 11 heteroatoms. The van der Waals surface area contributed by atoms with Gasteiger partial charge in [0.1, 0.15) is 12.4 Å². The van der Waals surface area contributed by atoms with Crippen molar-refractivity contribution in [2.75, 3.05) is 44.7 Å². The van der Waals surface area contributed by atoms with Gasteiger partial charge in [-0.3, -0.25) is 9.59 Å². The summed E-state index contributed by atoms with van der Waals surface area (Å²) >= 11 is 6.70. The van der Waals surface area contributed by atoms with E-state index < -0.39 is 0 Å². The Bertz CT molecular complexity index is 1740. The lowest BCUT2D eigenvalue weighted by Gasteiger charge is -2.41. The van der Waals surface area contributed by atoms with Crippen molar-refractivity contribution in [3.05, 3.63) is 58.2 Å². The molecule has 46 heavy (non-hydrogen) atoms. The number of nitriles is 1. The van der Waals surface area contributed by atoms with Gasteiger partial charge in [0.05, 0.1) is 24.2 Å². The number of amides is 1. The van der Waals surface area contributed by atoms with Crippen LogP contribution in [-0.4, -0.2) is 89.2 Å². The number of hydrogen-bond acceptors (Lipinski definition) is 8. The molecule has 1 N–H and O–H groups in total. The first-order valence-corrected chi connectivity index (χ1v) is 15.8. The van der Waals surface area contributed by atoms with Crippen molar-refractivity contribution in [3.8, 4) is 23.9 Å². The fraction of sp³-hybridized carbons (Fsp3) is 0.400. The van der Waals surface area contributed by atoms with Crippen LogP contribution in [0.3, 0.4) is 0 Å². The van der Waals surface area contributed by atoms with Crippen LogP contribution in [0.1, 0.15) is 49.4 Å². The van der Waals surface area contributed by atoms with Crippen LogP contribution in [0.4, 0.5) is 5.82 Å². The topological polar surface area (TPSA) is 123 Å². The number of nitrogens with zero attached hydrogens (tertiary/aromatic N) is 6. The zero-order chi connectivity index (χ0) is 32.6. The summed E-state index contributed by atoms with van der Waals surface area (Å²) in [6.07, 6.45) is 6.20. The standard InChI is InChI=1S/C34H35ClN6O2.CH2O2/c1-3-7-31(42)41-19-18-40(21-25(41)15-16-36)33-28-14-13-24(27-11-4-8-23-9-5-12-29(35)32(23)27)20-30(28)37-34(38-33)43-22-26-10-6-17-39(26)2;2-1-3/h4-5,8-9,11-12,20,25-26H,6,10,13-15,17-19,21-22H2,1-2H3;1H,(H,2,3)/t25-,26-;/m0./s1. The number of piperazine rings is 1. The zero-order valence-corrected chi connectivity index (χ0v) is 26.8. The lowest BCUT2D eigenvalue weighted by molar-refractivity contribution is -0.127. The number of likely N-dealkylation sites (N-methyl/N-ethyl adjacent to an activating group) is 1. The van der Waals surface area contributed by atoms with E-state index in [0.717, 1.165) is 70.7 Å². The number of fused-ring (bicyclic) bond motifs is 2. The Morgan fingerprint density at radius 1 is 1.15 bits per heavy atom. The molecule has 0 radical (unpaired) electrons. The average Bonchev–Trinajstić information content (AvgIpc) is 3.48. The molecule has 3 aromatic rings. The predicted octanol–water partition coefficient (Wildman–Crippen LogP) is 4.90. The molecular formula is C35H37ClN6O4. The van der Waals surface area contributed by atoms with Crippen LogP contribution in [0, 0.1) is 23.2 Å². The molecule has 2 aromatic carbocycles. The highest BCUT2D eigenvalue weighted by atomic mass is 35.5. The highest BCUT2D eigenvalue weighted by Gasteiger charge is 2.33. The highest BCUT2D eigenvalue weighted by molar-refractivity contribution is 6.36. The van der Waals surface area contributed by atoms with Crippen molar-refractivity contribution in [2.45, 2.75) is 51.1 Å². The molecule has 0 unspecified atom stereocenters. The number of likely N-dealkylation sites (tertiary alicyclic amines) is 1. The summed E-state index contributed by atoms with van der Waals surface area (Å²) in [5.41, 5.74) is 4.19. The van der Waals surface area contributed by atoms with E-state index in [2.05, 4.69) is 65.1 Å². The number of carbonyl (C=O) groups excluding carboxylic acids is 1. The van der Waals surface area contributed by atoms with Gasteiger partial charge in [-0.2, -0.15) is 15.2 Å². The van der Waals surface area contributed by atoms with E-state index in [1.807, 2.05) is 12.1 Å². The average molecular weight is 641 g/mol. The van der Waals surface area contributed by atoms with Gasteiger partial charge in [-0.1, -0.05) is 47.9 Å². The second kappa shape index (κ2) is 15.1. The number of benzene rings is 2. The Balaban J connectivity index is 0.00000134. The Kier molecular flexibility index (Phi) is 10.7. The van der Waals surface area contributed by atoms with Crippen LogP contribution < -0.4 is 9.64 Å². The number of carbonyl (C=O) groups is 2. The third-order valence-corrected chi connectivity index (χ3v) is 9.15. The molecule has 0 bridgehead atoms. The number of carboxylic acid groups (broad SMARTS) is 1. The number of rotatable bonds is 6. The summed E-state index contributed by atoms with van der Waals surface area (Å²) in [6, 6.07) is 15.0. The van der Waals surface area contributed by atoms with Crippen molar-refractivity contribution >= 4 is 52.2 Å². The molecule has 2 fully saturated rings. The van der Waals surface area contributed by atoms with Crippen molar-refractivity contribution in [1.82, 2.24) is 19.8 Å². The van der Waals surface area contributed by atoms with Gasteiger partial charge >= 0.3 is 6.01 Å². The summed E-state index contributed by atoms with van der Waals surface area (Å²) in [7, 11) is 2.13. The normalized spacial score (nSPS) is 19.1. The van der Waals surface area contributed by atoms with Gasteiger partial charge in [0.2, 0.25) is 0 Å². The molecule has 1 amide bonds. The summed E-state index contributed by atoms with van der Waals surface area (Å²) < 4.78 is 6.28. The Morgan fingerprint density at radius 3 is 2.65 bits per heavy atom. The first-order chi connectivity index (χ1) is 22.4. The zero-order valence-electron chi connectivity index (χ0n) is 26.1. The van der Waals surface area contributed by atoms with Gasteiger partial charge < -0.3 is 24.5 Å². The Hall–Kier alpha value is -4.64. The van der Waals surface area contributed by atoms with Gasteiger partial charge in [-0.25, -0.2) is 0 Å². The maximum Gasteiger partial charge on any atom is 0.318 e. The summed E-state index contributed by atoms with van der Waals surface area (Å²) in [4.78, 5) is 37.2. The van der Waals surface area contributed by atoms with Crippen molar-refractivity contribution < 1.29 is 19.4 Å². The maximum atomic E-state index is 12.7. The van der Waals surface area contributed by atoms with Crippen LogP contribution in [0.25, 0.3) is 22.4 Å². The number of anilines is 1. The van der Waals surface area contributed by atoms with E-state index in [9.17, 15) is 10.1 Å². The van der Waals surface area contributed by atoms with E-state index in [0.29, 0.717) is 38.3 Å². The summed E-state index contributed by atoms with van der Waals surface area (Å²) in [6.45, 7) is 4.54. The monoisotopic (exact) mass is 640 g/mol. The summed E-state index contributed by atoms with van der Waals surface area (Å²) in [5, 5.41) is 19.3. The van der Waals surface area contributed by atoms with Gasteiger partial charge in [0, 0.05) is 41.6 Å². The second-order valence-corrected chi connectivity index (χ2v) is 11.9. The Morgan fingerprint density at radius 2 is 1.93 bits per heavy atom. The molecule has 2 saturated heterocycles. The molecule has 0 spiro atoms. The lowest BCUT2D eigenvalue weighted by Crippen LogP contribution is -2.55. The van der Waals surface area contributed by atoms with E-state index in [1.54, 1.807) is 11.8 Å². The third-order valence-electron chi connectivity index (χ3n) is 8.83. The number of allylic oxidation sites excluding steroid dienone is 1. The molecule has 6 rings (SSSR count). The lowest BCUT2D eigenvalue weighted by atomic mass is 9.88. The Labute approximate surface area is 274 Å². The van der Waals surface area contributed by atoms with E-state index in [1.165, 1.54) is 5.57 Å². The van der Waals surface area contributed by atoms with Crippen LogP contribution in [0.2, 0.25) is 5.02 Å². The minimum absolute atomic E-state index is 0.226. The predicted molar refractivity (Wildman–Crippen MR) is 178 cm³/mol.